The topological polar surface area (TPSA) is 362 Å². The van der Waals surface area contributed by atoms with E-state index < -0.39 is 0 Å². The summed E-state index contributed by atoms with van der Waals surface area (Å²) in [6.45, 7) is 33.9. The Morgan fingerprint density at radius 1 is 0.270 bits per heavy atom. The van der Waals surface area contributed by atoms with Gasteiger partial charge in [-0.05, 0) is 149 Å². The first-order valence-corrected chi connectivity index (χ1v) is 29.1. The van der Waals surface area contributed by atoms with Crippen molar-refractivity contribution in [2.45, 2.75) is 13.8 Å². The molecule has 25 nitrogen and oxygen atoms in total. The number of fused-ring (bicyclic) bond motifs is 4. The van der Waals surface area contributed by atoms with E-state index in [1.165, 1.54) is 0 Å². The molecule has 16 aromatic rings. The number of para-hydroxylation sites is 6. The summed E-state index contributed by atoms with van der Waals surface area (Å²) < 4.78 is 0. The Morgan fingerprint density at radius 3 is 0.784 bits per heavy atom. The van der Waals surface area contributed by atoms with Crippen molar-refractivity contribution in [2.24, 2.45) is 0 Å². The molecule has 0 aliphatic heterocycles. The summed E-state index contributed by atoms with van der Waals surface area (Å²) in [6.07, 6.45) is 12.2. The molecule has 16 rings (SSSR count). The van der Waals surface area contributed by atoms with Gasteiger partial charge in [0.2, 0.25) is 0 Å². The predicted octanol–water partition coefficient (Wildman–Crippen LogP) is 12.7. The zero-order chi connectivity index (χ0) is 74.7. The van der Waals surface area contributed by atoms with Crippen LogP contribution in [0, 0.1) is 50.5 Å². The molecule has 111 heavy (non-hydrogen) atoms. The van der Waals surface area contributed by atoms with E-state index in [2.05, 4.69) is 146 Å². The molecule has 0 saturated carbocycles. The van der Waals surface area contributed by atoms with Crippen LogP contribution in [-0.2, 0) is 140 Å². The number of pyridine rings is 7. The van der Waals surface area contributed by atoms with Gasteiger partial charge in [0.15, 0.2) is 0 Å². The van der Waals surface area contributed by atoms with Crippen LogP contribution < -0.4 is 24.9 Å². The van der Waals surface area contributed by atoms with Crippen LogP contribution in [0.4, 0.5) is 0 Å². The number of hydrogen-bond acceptors (Lipinski definition) is 20. The summed E-state index contributed by atoms with van der Waals surface area (Å²) >= 11 is 0. The summed E-state index contributed by atoms with van der Waals surface area (Å²) in [4.78, 5) is 135. The minimum absolute atomic E-state index is 0. The van der Waals surface area contributed by atoms with Crippen LogP contribution >= 0.6 is 0 Å². The van der Waals surface area contributed by atoms with Gasteiger partial charge in [-0.1, -0.05) is 139 Å². The Balaban J connectivity index is -0.000000222. The molecule has 0 spiro atoms. The van der Waals surface area contributed by atoms with Crippen LogP contribution in [0.15, 0.2) is 262 Å². The second kappa shape index (κ2) is 67.9. The van der Waals surface area contributed by atoms with Crippen molar-refractivity contribution < 1.29 is 140 Å². The molecule has 585 valence electrons. The summed E-state index contributed by atoms with van der Waals surface area (Å²) in [7, 11) is 0. The van der Waals surface area contributed by atoms with Gasteiger partial charge in [-0.3, -0.25) is 84.2 Å². The number of rotatable bonds is 6. The molecule has 0 aliphatic rings. The predicted molar refractivity (Wildman–Crippen MR) is 415 cm³/mol. The largest absolute Gasteiger partial charge is 2.00 e. The molecule has 12 heterocycles. The first-order valence-electron chi connectivity index (χ1n) is 29.1. The Kier molecular flexibility index (Phi) is 69.0. The van der Waals surface area contributed by atoms with Crippen LogP contribution in [0.1, 0.15) is 17.0 Å². The van der Waals surface area contributed by atoms with Crippen molar-refractivity contribution in [1.82, 2.24) is 84.7 Å². The normalized spacial score (nSPS) is 8.41. The van der Waals surface area contributed by atoms with E-state index in [1.807, 2.05) is 232 Å². The van der Waals surface area contributed by atoms with Crippen molar-refractivity contribution in [1.29, 1.82) is 0 Å². The van der Waals surface area contributed by atoms with E-state index in [0.717, 1.165) is 101 Å². The van der Waals surface area contributed by atoms with Gasteiger partial charge >= 0.3 is 20.4 Å². The van der Waals surface area contributed by atoms with Crippen molar-refractivity contribution in [3.8, 4) is 68.8 Å². The third-order valence-electron chi connectivity index (χ3n) is 12.7. The molecule has 0 aliphatic carbocycles. The molecule has 30 heteroatoms. The number of aromatic nitrogens is 17. The third kappa shape index (κ3) is 36.1. The number of benzene rings is 4. The maximum atomic E-state index is 7.75. The Bertz CT molecular complexity index is 4300. The van der Waals surface area contributed by atoms with Gasteiger partial charge in [-0.25, -0.2) is 0 Å². The van der Waals surface area contributed by atoms with Gasteiger partial charge in [-0.2, -0.15) is 18.6 Å². The summed E-state index contributed by atoms with van der Waals surface area (Å²) in [6, 6.07) is 69.7. The van der Waals surface area contributed by atoms with Gasteiger partial charge in [0, 0.05) is 142 Å². The molecule has 0 N–H and O–H groups in total. The summed E-state index contributed by atoms with van der Waals surface area (Å²) in [5.41, 5.74) is 16.0. The SMILES string of the molecule is Cc1nc(-c2ccccn2)[n-]c1C.[CH-]=O.[CH-]=O.[CH-]=O.[CH-]=O.[CH-]=O.[CH-]=O.[CH-]=O.[CH-]=O.[CH2-]c1ccccc1-c1ccccn1.[CH3-].[CH3-].[CH3-].[CH3-].[Pd+2].[Pd].[Re].[Re].[Re].c1ccc(-c2nc3ccccc3[n-]2)nc1.c1ccc(-c2nc3ccccc3[n-]2)nc1.c1ccc(-c2nc3ccccc3[n-]2)nc1.c1ccc(-c2nc3cccnc3[n-]2)nc1. The van der Waals surface area contributed by atoms with Crippen LogP contribution in [0.25, 0.3) is 113 Å². The number of hydrogen-bond donors (Lipinski definition) is 0. The van der Waals surface area contributed by atoms with E-state index >= 15 is 0 Å². The Morgan fingerprint density at radius 2 is 0.514 bits per heavy atom. The van der Waals surface area contributed by atoms with Crippen molar-refractivity contribution in [3.05, 3.63) is 315 Å². The Hall–Kier alpha value is -11.4. The monoisotopic (exact) mass is 2180 g/mol. The minimum Gasteiger partial charge on any atom is -0.545 e. The van der Waals surface area contributed by atoms with E-state index in [9.17, 15) is 0 Å². The molecule has 0 bridgehead atoms. The van der Waals surface area contributed by atoms with E-state index in [-0.39, 0.29) is 132 Å². The second-order valence-corrected chi connectivity index (χ2v) is 18.7. The Labute approximate surface area is 715 Å². The zero-order valence-corrected chi connectivity index (χ0v) is 71.5. The van der Waals surface area contributed by atoms with Crippen LogP contribution in [0.5, 0.6) is 0 Å². The van der Waals surface area contributed by atoms with Gasteiger partial charge in [0.25, 0.3) is 0 Å². The average molecular weight is 2180 g/mol. The number of carbonyl (C=O) groups excluding carboxylic acids is 8. The zero-order valence-electron chi connectivity index (χ0n) is 60.3. The average Bonchev–Trinajstić information content (AvgIpc) is 1.55. The molecule has 0 unspecified atom stereocenters. The number of imidazole rings is 5. The summed E-state index contributed by atoms with van der Waals surface area (Å²) in [5, 5.41) is 0. The quantitative estimate of drug-likeness (QED) is 0.0847. The second-order valence-electron chi connectivity index (χ2n) is 18.7. The number of nitrogens with zero attached hydrogens (tertiary/aromatic N) is 17. The molecule has 0 atom stereocenters. The van der Waals surface area contributed by atoms with Crippen LogP contribution in [0.2, 0.25) is 0 Å². The van der Waals surface area contributed by atoms with Gasteiger partial charge in [0.05, 0.1) is 28.5 Å². The molecule has 0 saturated heterocycles. The molecule has 4 aromatic carbocycles. The van der Waals surface area contributed by atoms with Crippen molar-refractivity contribution in [2.75, 3.05) is 0 Å². The smallest absolute Gasteiger partial charge is 0.545 e. The third-order valence-corrected chi connectivity index (χ3v) is 12.7. The first kappa shape index (κ1) is 113. The molecule has 12 aromatic heterocycles. The molecular formula is C81H71N17O8Pd2Re3-16. The minimum atomic E-state index is 0. The molecule has 3 radical (unpaired) electrons. The van der Waals surface area contributed by atoms with Crippen molar-refractivity contribution >= 4 is 98.6 Å². The molecular weight excluding hydrogens is 2110 g/mol. The van der Waals surface area contributed by atoms with Gasteiger partial charge < -0.3 is 123 Å². The maximum Gasteiger partial charge on any atom is 2.00 e. The summed E-state index contributed by atoms with van der Waals surface area (Å²) in [5.74, 6) is 3.42. The van der Waals surface area contributed by atoms with E-state index in [4.69, 9.17) is 38.4 Å². The fourth-order valence-corrected chi connectivity index (χ4v) is 8.37. The fraction of sp³-hybridized carbons (Fsp3) is 0.0247. The van der Waals surface area contributed by atoms with E-state index in [0.29, 0.717) is 28.9 Å². The maximum absolute atomic E-state index is 7.75. The molecule has 0 amide bonds. The fourth-order valence-electron chi connectivity index (χ4n) is 8.37. The first-order chi connectivity index (χ1) is 50.4. The van der Waals surface area contributed by atoms with Crippen LogP contribution in [0.3, 0.4) is 0 Å². The van der Waals surface area contributed by atoms with Gasteiger partial charge in [-0.15, -0.1) is 17.7 Å². The van der Waals surface area contributed by atoms with Crippen LogP contribution in [-0.4, -0.2) is 114 Å². The van der Waals surface area contributed by atoms with Gasteiger partial charge in [0.1, 0.15) is 0 Å². The number of aryl methyl sites for hydroxylation is 2. The van der Waals surface area contributed by atoms with Crippen molar-refractivity contribution in [3.63, 3.8) is 0 Å². The molecule has 0 fully saturated rings. The van der Waals surface area contributed by atoms with E-state index in [1.54, 1.807) is 43.4 Å². The standard InChI is InChI=1S/3C12H8N3.C12H10N.C11H7N4.C10H10N3.8CHO.4CH3.2Pd.3Re/c3*1-2-6-10-9(5-1)14-12(15-10)11-7-3-4-8-13-11;1-10-6-2-3-7-11(10)12-8-4-5-9-13-12;1-2-6-12-8(4-1)11-14-9-5-3-7-13-10(9)15-11;1-7-8(2)13-10(12-7)9-5-3-4-6-11-9;8*1-2;;;;;;;;;/h3*1-8H;2-9H,1H2;1-7H;3-6H,1-2H3;8*1H;4*1H3;;;;;/q18*-1;;+2;;;.